The molecular formula is C12H15N3O. The summed E-state index contributed by atoms with van der Waals surface area (Å²) in [5, 5.41) is 19.7. The molecule has 0 fully saturated rings. The average molecular weight is 217 g/mol. The van der Waals surface area contributed by atoms with Crippen molar-refractivity contribution in [3.63, 3.8) is 0 Å². The van der Waals surface area contributed by atoms with E-state index in [1.54, 1.807) is 6.20 Å². The maximum Gasteiger partial charge on any atom is 0.125 e. The maximum atomic E-state index is 9.79. The lowest BCUT2D eigenvalue weighted by molar-refractivity contribution is 0.466. The van der Waals surface area contributed by atoms with Gasteiger partial charge in [-0.3, -0.25) is 5.10 Å². The molecule has 0 unspecified atom stereocenters. The summed E-state index contributed by atoms with van der Waals surface area (Å²) in [4.78, 5) is 0. The Balaban J connectivity index is 2.42. The molecule has 2 aromatic rings. The highest BCUT2D eigenvalue weighted by Crippen LogP contribution is 2.31. The molecule has 0 aliphatic heterocycles. The second kappa shape index (κ2) is 3.89. The normalized spacial score (nSPS) is 10.4. The molecule has 1 aromatic heterocycles. The molecule has 3 N–H and O–H groups in total. The molecule has 0 radical (unpaired) electrons. The van der Waals surface area contributed by atoms with Crippen LogP contribution in [0.5, 0.6) is 5.75 Å². The number of hydrogen-bond donors (Lipinski definition) is 3. The van der Waals surface area contributed by atoms with Gasteiger partial charge in [-0.1, -0.05) is 0 Å². The van der Waals surface area contributed by atoms with Gasteiger partial charge in [0, 0.05) is 11.8 Å². The van der Waals surface area contributed by atoms with Gasteiger partial charge in [0.15, 0.2) is 0 Å². The first kappa shape index (κ1) is 10.5. The second-order valence-electron chi connectivity index (χ2n) is 3.93. The van der Waals surface area contributed by atoms with Crippen molar-refractivity contribution in [3.8, 4) is 5.75 Å². The van der Waals surface area contributed by atoms with Gasteiger partial charge in [0.1, 0.15) is 11.6 Å². The maximum absolute atomic E-state index is 9.79. The number of anilines is 2. The number of nitrogens with one attached hydrogen (secondary N) is 2. The summed E-state index contributed by atoms with van der Waals surface area (Å²) in [5.74, 6) is 1.21. The zero-order chi connectivity index (χ0) is 11.7. The predicted octanol–water partition coefficient (Wildman–Crippen LogP) is 2.78. The van der Waals surface area contributed by atoms with Crippen LogP contribution in [0.25, 0.3) is 0 Å². The van der Waals surface area contributed by atoms with Gasteiger partial charge in [-0.25, -0.2) is 0 Å². The summed E-state index contributed by atoms with van der Waals surface area (Å²) in [6.07, 6.45) is 1.69. The van der Waals surface area contributed by atoms with Crippen molar-refractivity contribution in [3.05, 3.63) is 35.0 Å². The van der Waals surface area contributed by atoms with Crippen LogP contribution in [-0.2, 0) is 0 Å². The minimum absolute atomic E-state index is 0.368. The van der Waals surface area contributed by atoms with Gasteiger partial charge in [0.2, 0.25) is 0 Å². The van der Waals surface area contributed by atoms with E-state index in [0.717, 1.165) is 28.2 Å². The predicted molar refractivity (Wildman–Crippen MR) is 64.2 cm³/mol. The Morgan fingerprint density at radius 1 is 1.25 bits per heavy atom. The van der Waals surface area contributed by atoms with E-state index in [1.807, 2.05) is 32.9 Å². The number of aromatic hydroxyl groups is 1. The number of benzene rings is 1. The topological polar surface area (TPSA) is 60.9 Å². The third kappa shape index (κ3) is 1.74. The summed E-state index contributed by atoms with van der Waals surface area (Å²) >= 11 is 0. The Morgan fingerprint density at radius 3 is 2.62 bits per heavy atom. The number of hydrogen-bond acceptors (Lipinski definition) is 3. The van der Waals surface area contributed by atoms with Crippen LogP contribution < -0.4 is 5.32 Å². The van der Waals surface area contributed by atoms with Crippen LogP contribution >= 0.6 is 0 Å². The molecule has 1 heterocycles. The zero-order valence-electron chi connectivity index (χ0n) is 9.63. The Hall–Kier alpha value is -1.97. The smallest absolute Gasteiger partial charge is 0.125 e. The van der Waals surface area contributed by atoms with Gasteiger partial charge in [0.25, 0.3) is 0 Å². The van der Waals surface area contributed by atoms with Crippen molar-refractivity contribution in [1.82, 2.24) is 10.2 Å². The molecule has 0 aliphatic carbocycles. The Morgan fingerprint density at radius 2 is 2.00 bits per heavy atom. The first-order valence-electron chi connectivity index (χ1n) is 5.15. The molecule has 0 saturated carbocycles. The summed E-state index contributed by atoms with van der Waals surface area (Å²) < 4.78 is 0. The van der Waals surface area contributed by atoms with Crippen LogP contribution in [0.1, 0.15) is 16.7 Å². The number of phenols is 1. The lowest BCUT2D eigenvalue weighted by Gasteiger charge is -2.13. The van der Waals surface area contributed by atoms with Crippen molar-refractivity contribution in [2.45, 2.75) is 20.8 Å². The highest BCUT2D eigenvalue weighted by Gasteiger charge is 2.09. The number of rotatable bonds is 2. The Labute approximate surface area is 94.3 Å². The van der Waals surface area contributed by atoms with Crippen LogP contribution in [0.2, 0.25) is 0 Å². The van der Waals surface area contributed by atoms with Crippen LogP contribution in [-0.4, -0.2) is 15.3 Å². The Bertz CT molecular complexity index is 503. The number of aryl methyl sites for hydroxylation is 1. The van der Waals surface area contributed by atoms with Gasteiger partial charge in [-0.15, -0.1) is 0 Å². The molecule has 16 heavy (non-hydrogen) atoms. The molecular weight excluding hydrogens is 202 g/mol. The van der Waals surface area contributed by atoms with E-state index in [2.05, 4.69) is 15.5 Å². The average Bonchev–Trinajstić information content (AvgIpc) is 2.76. The van der Waals surface area contributed by atoms with E-state index in [4.69, 9.17) is 0 Å². The molecule has 4 heteroatoms. The van der Waals surface area contributed by atoms with Crippen molar-refractivity contribution >= 4 is 11.5 Å². The van der Waals surface area contributed by atoms with Gasteiger partial charge in [0.05, 0.1) is 6.20 Å². The molecule has 0 aliphatic rings. The fourth-order valence-corrected chi connectivity index (χ4v) is 1.67. The van der Waals surface area contributed by atoms with Crippen molar-refractivity contribution in [2.24, 2.45) is 0 Å². The van der Waals surface area contributed by atoms with E-state index in [0.29, 0.717) is 5.75 Å². The van der Waals surface area contributed by atoms with Crippen molar-refractivity contribution in [1.29, 1.82) is 0 Å². The highest BCUT2D eigenvalue weighted by molar-refractivity contribution is 5.66. The molecule has 0 bridgehead atoms. The number of aromatic amines is 1. The zero-order valence-corrected chi connectivity index (χ0v) is 9.63. The fraction of sp³-hybridized carbons (Fsp3) is 0.250. The van der Waals surface area contributed by atoms with Gasteiger partial charge < -0.3 is 10.4 Å². The van der Waals surface area contributed by atoms with Gasteiger partial charge in [-0.05, 0) is 43.5 Å². The molecule has 84 valence electrons. The minimum Gasteiger partial charge on any atom is -0.507 e. The van der Waals surface area contributed by atoms with Crippen LogP contribution in [0.15, 0.2) is 18.3 Å². The number of aromatic nitrogens is 2. The monoisotopic (exact) mass is 217 g/mol. The van der Waals surface area contributed by atoms with Crippen LogP contribution in [0, 0.1) is 20.8 Å². The first-order valence-corrected chi connectivity index (χ1v) is 5.15. The number of H-pyrrole nitrogens is 1. The van der Waals surface area contributed by atoms with Crippen molar-refractivity contribution < 1.29 is 5.11 Å². The largest absolute Gasteiger partial charge is 0.507 e. The number of phenolic OH excluding ortho intramolecular Hbond substituents is 1. The third-order valence-corrected chi connectivity index (χ3v) is 2.83. The molecule has 0 spiro atoms. The molecule has 0 amide bonds. The van der Waals surface area contributed by atoms with Gasteiger partial charge in [-0.2, -0.15) is 5.10 Å². The molecule has 2 rings (SSSR count). The van der Waals surface area contributed by atoms with E-state index in [9.17, 15) is 5.11 Å². The molecule has 0 atom stereocenters. The fourth-order valence-electron chi connectivity index (χ4n) is 1.67. The summed E-state index contributed by atoms with van der Waals surface area (Å²) in [5.41, 5.74) is 3.79. The molecule has 1 aromatic carbocycles. The SMILES string of the molecule is Cc1cc(Nc2ccn[nH]2)c(C)c(C)c1O. The van der Waals surface area contributed by atoms with E-state index in [1.165, 1.54) is 0 Å². The van der Waals surface area contributed by atoms with Crippen LogP contribution in [0.4, 0.5) is 11.5 Å². The lowest BCUT2D eigenvalue weighted by atomic mass is 10.0. The lowest BCUT2D eigenvalue weighted by Crippen LogP contribution is -1.97. The van der Waals surface area contributed by atoms with Gasteiger partial charge >= 0.3 is 0 Å². The standard InChI is InChI=1S/C12H15N3O/c1-7-6-10(8(2)9(3)12(7)16)14-11-4-5-13-15-11/h4-6,16H,1-3H3,(H2,13,14,15). The first-order chi connectivity index (χ1) is 7.59. The highest BCUT2D eigenvalue weighted by atomic mass is 16.3. The quantitative estimate of drug-likeness (QED) is 0.678. The molecule has 4 nitrogen and oxygen atoms in total. The van der Waals surface area contributed by atoms with Crippen molar-refractivity contribution in [2.75, 3.05) is 5.32 Å². The van der Waals surface area contributed by atoms with E-state index >= 15 is 0 Å². The van der Waals surface area contributed by atoms with Crippen LogP contribution in [0.3, 0.4) is 0 Å². The number of nitrogens with zero attached hydrogens (tertiary/aromatic N) is 1. The third-order valence-electron chi connectivity index (χ3n) is 2.83. The molecule has 0 saturated heterocycles. The second-order valence-corrected chi connectivity index (χ2v) is 3.93. The summed E-state index contributed by atoms with van der Waals surface area (Å²) in [6, 6.07) is 3.79. The minimum atomic E-state index is 0.368. The Kier molecular flexibility index (Phi) is 2.56. The summed E-state index contributed by atoms with van der Waals surface area (Å²) in [7, 11) is 0. The van der Waals surface area contributed by atoms with E-state index < -0.39 is 0 Å². The summed E-state index contributed by atoms with van der Waals surface area (Å²) in [6.45, 7) is 5.78. The van der Waals surface area contributed by atoms with E-state index in [-0.39, 0.29) is 0 Å².